The van der Waals surface area contributed by atoms with Crippen molar-refractivity contribution >= 4 is 11.9 Å². The molecule has 1 aromatic carbocycles. The van der Waals surface area contributed by atoms with Crippen LogP contribution in [-0.4, -0.2) is 25.0 Å². The van der Waals surface area contributed by atoms with E-state index < -0.39 is 12.0 Å². The lowest BCUT2D eigenvalue weighted by molar-refractivity contribution is -0.145. The third-order valence-corrected chi connectivity index (χ3v) is 2.57. The molecule has 0 aliphatic heterocycles. The maximum absolute atomic E-state index is 11.8. The van der Waals surface area contributed by atoms with Crippen LogP contribution in [0.3, 0.4) is 0 Å². The third kappa shape index (κ3) is 5.21. The molecule has 0 bridgehead atoms. The maximum atomic E-state index is 11.8. The molecule has 1 N–H and O–H groups in total. The van der Waals surface area contributed by atoms with Gasteiger partial charge < -0.3 is 10.1 Å². The Bertz CT molecular complexity index is 465. The van der Waals surface area contributed by atoms with Crippen LogP contribution >= 0.6 is 0 Å². The summed E-state index contributed by atoms with van der Waals surface area (Å²) in [6.07, 6.45) is 0.635. The van der Waals surface area contributed by atoms with E-state index in [0.29, 0.717) is 0 Å². The molecular formula is C14H16N2O3. The van der Waals surface area contributed by atoms with Gasteiger partial charge in [0.15, 0.2) is 0 Å². The number of amides is 1. The summed E-state index contributed by atoms with van der Waals surface area (Å²) >= 11 is 0. The topological polar surface area (TPSA) is 79.2 Å². The first-order valence-electron chi connectivity index (χ1n) is 5.95. The van der Waals surface area contributed by atoms with Gasteiger partial charge in [-0.15, -0.1) is 0 Å². The van der Waals surface area contributed by atoms with Crippen LogP contribution in [0, 0.1) is 11.3 Å². The molecule has 0 aromatic heterocycles. The van der Waals surface area contributed by atoms with E-state index in [1.165, 1.54) is 7.11 Å². The number of carbonyl (C=O) groups is 2. The summed E-state index contributed by atoms with van der Waals surface area (Å²) in [6, 6.07) is 10.4. The van der Waals surface area contributed by atoms with Gasteiger partial charge in [0, 0.05) is 6.42 Å². The van der Waals surface area contributed by atoms with Gasteiger partial charge in [0.2, 0.25) is 5.91 Å². The molecule has 0 saturated carbocycles. The maximum Gasteiger partial charge on any atom is 0.328 e. The zero-order chi connectivity index (χ0) is 14.1. The number of hydrogen-bond donors (Lipinski definition) is 1. The minimum atomic E-state index is -0.763. The van der Waals surface area contributed by atoms with E-state index in [0.717, 1.165) is 5.56 Å². The Balaban J connectivity index is 2.56. The molecule has 0 unspecified atom stereocenters. The smallest absolute Gasteiger partial charge is 0.328 e. The predicted molar refractivity (Wildman–Crippen MR) is 68.9 cm³/mol. The van der Waals surface area contributed by atoms with Crippen molar-refractivity contribution in [3.63, 3.8) is 0 Å². The van der Waals surface area contributed by atoms with E-state index in [1.54, 1.807) is 0 Å². The lowest BCUT2D eigenvalue weighted by atomic mass is 10.1. The number of rotatable bonds is 6. The number of ether oxygens (including phenoxy) is 1. The van der Waals surface area contributed by atoms with Gasteiger partial charge >= 0.3 is 5.97 Å². The molecule has 0 aliphatic rings. The molecule has 0 saturated heterocycles. The van der Waals surface area contributed by atoms with E-state index in [-0.39, 0.29) is 25.2 Å². The monoisotopic (exact) mass is 260 g/mol. The molecule has 1 aromatic rings. The molecule has 0 spiro atoms. The largest absolute Gasteiger partial charge is 0.467 e. The van der Waals surface area contributed by atoms with E-state index in [4.69, 9.17) is 5.26 Å². The number of nitrogens with zero attached hydrogens (tertiary/aromatic N) is 1. The molecule has 0 heterocycles. The summed E-state index contributed by atoms with van der Waals surface area (Å²) in [5.74, 6) is -0.795. The Morgan fingerprint density at radius 2 is 2.05 bits per heavy atom. The van der Waals surface area contributed by atoms with Crippen molar-refractivity contribution in [1.82, 2.24) is 5.32 Å². The quantitative estimate of drug-likeness (QED) is 0.779. The molecule has 1 atom stereocenters. The number of methoxy groups -OCH3 is 1. The molecule has 19 heavy (non-hydrogen) atoms. The van der Waals surface area contributed by atoms with Crippen molar-refractivity contribution in [2.75, 3.05) is 7.11 Å². The molecule has 0 aliphatic carbocycles. The third-order valence-electron chi connectivity index (χ3n) is 2.57. The fourth-order valence-electron chi connectivity index (χ4n) is 1.63. The van der Waals surface area contributed by atoms with E-state index in [9.17, 15) is 9.59 Å². The van der Waals surface area contributed by atoms with Gasteiger partial charge in [-0.3, -0.25) is 4.79 Å². The number of benzene rings is 1. The Morgan fingerprint density at radius 1 is 1.37 bits per heavy atom. The Morgan fingerprint density at radius 3 is 2.63 bits per heavy atom. The first-order chi connectivity index (χ1) is 9.17. The number of carbonyl (C=O) groups excluding carboxylic acids is 2. The summed E-state index contributed by atoms with van der Waals surface area (Å²) in [7, 11) is 1.26. The molecule has 100 valence electrons. The summed E-state index contributed by atoms with van der Waals surface area (Å²) in [5, 5.41) is 11.1. The molecular weight excluding hydrogens is 244 g/mol. The second kappa shape index (κ2) is 7.88. The molecule has 1 amide bonds. The van der Waals surface area contributed by atoms with Gasteiger partial charge in [-0.1, -0.05) is 30.3 Å². The Kier molecular flexibility index (Phi) is 6.10. The minimum Gasteiger partial charge on any atom is -0.467 e. The van der Waals surface area contributed by atoms with Gasteiger partial charge in [-0.2, -0.15) is 5.26 Å². The van der Waals surface area contributed by atoms with Crippen LogP contribution in [0.25, 0.3) is 0 Å². The van der Waals surface area contributed by atoms with E-state index in [1.807, 2.05) is 36.4 Å². The van der Waals surface area contributed by atoms with Crippen LogP contribution in [0.2, 0.25) is 0 Å². The molecule has 0 radical (unpaired) electrons. The summed E-state index contributed by atoms with van der Waals surface area (Å²) < 4.78 is 4.60. The standard InChI is InChI=1S/C14H16N2O3/c1-19-14(18)12(8-5-9-15)16-13(17)10-11-6-3-2-4-7-11/h2-4,6-7,12H,5,8,10H2,1H3,(H,16,17)/t12-/m1/s1. The molecule has 5 heteroatoms. The highest BCUT2D eigenvalue weighted by Crippen LogP contribution is 2.02. The van der Waals surface area contributed by atoms with Crippen LogP contribution in [0.4, 0.5) is 0 Å². The summed E-state index contributed by atoms with van der Waals surface area (Å²) in [4.78, 5) is 23.3. The second-order valence-electron chi connectivity index (χ2n) is 4.00. The lowest BCUT2D eigenvalue weighted by Gasteiger charge is -2.15. The second-order valence-corrected chi connectivity index (χ2v) is 4.00. The highest BCUT2D eigenvalue weighted by molar-refractivity contribution is 5.85. The van der Waals surface area contributed by atoms with Gasteiger partial charge in [-0.05, 0) is 12.0 Å². The van der Waals surface area contributed by atoms with Gasteiger partial charge in [-0.25, -0.2) is 4.79 Å². The van der Waals surface area contributed by atoms with Crippen molar-refractivity contribution in [2.45, 2.75) is 25.3 Å². The van der Waals surface area contributed by atoms with Crippen molar-refractivity contribution in [3.05, 3.63) is 35.9 Å². The summed E-state index contributed by atoms with van der Waals surface area (Å²) in [6.45, 7) is 0. The normalized spacial score (nSPS) is 11.2. The summed E-state index contributed by atoms with van der Waals surface area (Å²) in [5.41, 5.74) is 0.865. The average Bonchev–Trinajstić information content (AvgIpc) is 2.43. The van der Waals surface area contributed by atoms with Crippen LogP contribution in [-0.2, 0) is 20.7 Å². The van der Waals surface area contributed by atoms with Crippen molar-refractivity contribution in [2.24, 2.45) is 0 Å². The number of nitrogens with one attached hydrogen (secondary N) is 1. The fraction of sp³-hybridized carbons (Fsp3) is 0.357. The Hall–Kier alpha value is -2.35. The van der Waals surface area contributed by atoms with Crippen LogP contribution in [0.1, 0.15) is 18.4 Å². The Labute approximate surface area is 112 Å². The number of hydrogen-bond acceptors (Lipinski definition) is 4. The average molecular weight is 260 g/mol. The zero-order valence-electron chi connectivity index (χ0n) is 10.8. The van der Waals surface area contributed by atoms with Crippen molar-refractivity contribution in [1.29, 1.82) is 5.26 Å². The molecule has 1 rings (SSSR count). The lowest BCUT2D eigenvalue weighted by Crippen LogP contribution is -2.42. The molecule has 0 fully saturated rings. The van der Waals surface area contributed by atoms with Gasteiger partial charge in [0.05, 0.1) is 19.6 Å². The number of nitriles is 1. The van der Waals surface area contributed by atoms with Crippen LogP contribution in [0.5, 0.6) is 0 Å². The van der Waals surface area contributed by atoms with Crippen LogP contribution in [0.15, 0.2) is 30.3 Å². The SMILES string of the molecule is COC(=O)[C@@H](CCC#N)NC(=O)Cc1ccccc1. The fourth-order valence-corrected chi connectivity index (χ4v) is 1.63. The van der Waals surface area contributed by atoms with E-state index >= 15 is 0 Å². The first-order valence-corrected chi connectivity index (χ1v) is 5.95. The van der Waals surface area contributed by atoms with Gasteiger partial charge in [0.25, 0.3) is 0 Å². The van der Waals surface area contributed by atoms with Crippen LogP contribution < -0.4 is 5.32 Å². The first kappa shape index (κ1) is 14.7. The molecule has 5 nitrogen and oxygen atoms in total. The van der Waals surface area contributed by atoms with Gasteiger partial charge in [0.1, 0.15) is 6.04 Å². The predicted octanol–water partition coefficient (Wildman–Crippen LogP) is 1.19. The zero-order valence-corrected chi connectivity index (χ0v) is 10.8. The van der Waals surface area contributed by atoms with E-state index in [2.05, 4.69) is 10.1 Å². The van der Waals surface area contributed by atoms with Crippen molar-refractivity contribution in [3.8, 4) is 6.07 Å². The highest BCUT2D eigenvalue weighted by Gasteiger charge is 2.20. The highest BCUT2D eigenvalue weighted by atomic mass is 16.5. The van der Waals surface area contributed by atoms with Crippen molar-refractivity contribution < 1.29 is 14.3 Å². The minimum absolute atomic E-state index is 0.186. The number of esters is 1.